The van der Waals surface area contributed by atoms with E-state index in [0.717, 1.165) is 197 Å². The summed E-state index contributed by atoms with van der Waals surface area (Å²) in [5, 5.41) is 0. The van der Waals surface area contributed by atoms with Gasteiger partial charge in [0.2, 0.25) is 0 Å². The monoisotopic (exact) mass is 1510 g/mol. The quantitative estimate of drug-likeness (QED) is 0.136. The zero-order chi connectivity index (χ0) is 72.9. The molecule has 0 aromatic carbocycles. The van der Waals surface area contributed by atoms with Crippen LogP contribution in [0.15, 0.2) is 0 Å². The summed E-state index contributed by atoms with van der Waals surface area (Å²) in [4.78, 5) is 19.4. The molecular weight excluding hydrogens is 1330 g/mol. The van der Waals surface area contributed by atoms with E-state index in [0.29, 0.717) is 0 Å². The van der Waals surface area contributed by atoms with Gasteiger partial charge in [-0.15, -0.1) is 0 Å². The van der Waals surface area contributed by atoms with Crippen molar-refractivity contribution in [3.8, 4) is 0 Å². The third-order valence-electron chi connectivity index (χ3n) is 41.5. The molecule has 20 fully saturated rings. The molecule has 0 aromatic rings. The molecule has 0 aromatic heterocycles. The van der Waals surface area contributed by atoms with Crippen LogP contribution in [0.1, 0.15) is 462 Å². The highest BCUT2D eigenvalue weighted by Crippen LogP contribution is 2.71. The van der Waals surface area contributed by atoms with Gasteiger partial charge in [0.15, 0.2) is 0 Å². The van der Waals surface area contributed by atoms with Crippen LogP contribution in [-0.2, 0) is 0 Å². The highest BCUT2D eigenvalue weighted by molar-refractivity contribution is 5.23. The second kappa shape index (κ2) is 36.6. The van der Waals surface area contributed by atoms with E-state index in [1.54, 1.807) is 302 Å². The summed E-state index contributed by atoms with van der Waals surface area (Å²) in [5.41, 5.74) is 0. The summed E-state index contributed by atoms with van der Waals surface area (Å²) in [6, 6.07) is 12.4. The van der Waals surface area contributed by atoms with Crippen molar-refractivity contribution in [1.29, 1.82) is 0 Å². The van der Waals surface area contributed by atoms with Gasteiger partial charge in [-0.1, -0.05) is 283 Å². The van der Waals surface area contributed by atoms with E-state index in [1.165, 1.54) is 161 Å². The van der Waals surface area contributed by atoms with E-state index >= 15 is 0 Å². The Morgan fingerprint density at radius 1 is 0.164 bits per heavy atom. The molecule has 0 amide bonds. The second-order valence-electron chi connectivity index (χ2n) is 46.3. The summed E-state index contributed by atoms with van der Waals surface area (Å²) in [7, 11) is 0. The molecule has 21 atom stereocenters. The maximum Gasteiger partial charge on any atom is 0.0163 e. The summed E-state index contributed by atoms with van der Waals surface area (Å²) in [6.45, 7) is 0. The number of hydrogen-bond donors (Lipinski definition) is 0. The van der Waals surface area contributed by atoms with Crippen molar-refractivity contribution >= 4 is 0 Å². The molecule has 622 valence electrons. The normalized spacial score (nSPS) is 43.9. The van der Waals surface area contributed by atoms with Crippen LogP contribution in [0.4, 0.5) is 0 Å². The van der Waals surface area contributed by atoms with E-state index in [2.05, 4.69) is 24.5 Å². The van der Waals surface area contributed by atoms with Crippen molar-refractivity contribution in [2.45, 2.75) is 553 Å². The minimum Gasteiger partial charge on any atom is -0.294 e. The maximum atomic E-state index is 4.01. The van der Waals surface area contributed by atoms with E-state index in [9.17, 15) is 0 Å². The average Bonchev–Trinajstić information content (AvgIpc) is 0.679. The fourth-order valence-corrected chi connectivity index (χ4v) is 37.9. The fourth-order valence-electron chi connectivity index (χ4n) is 37.9. The van der Waals surface area contributed by atoms with Crippen LogP contribution in [0.5, 0.6) is 0 Å². The van der Waals surface area contributed by atoms with Crippen LogP contribution in [0.3, 0.4) is 0 Å². The van der Waals surface area contributed by atoms with Crippen LogP contribution in [0.25, 0.3) is 0 Å². The predicted molar refractivity (Wildman–Crippen MR) is 461 cm³/mol. The second-order valence-corrected chi connectivity index (χ2v) is 46.3. The standard InChI is InChI=1S/C105H177N5/c1-11-39-73(40-12-1)99(100-87-63-35-31-41-74(87)67-75-42-32-36-64-88(75)100)93-69-91-94(106(78-45-13-2-14-46-78)79-47-15-3-16-48-79)72-98(109(84-57-25-8-26-58-84)85-59-27-9-28-60-85)104-96(110(86-61-29-10-30-62-86)105-89-65-37-33-43-76(89)68-77-44-34-38-66-90(77)105)70-92-95(107(80-49-17-4-18-50-80)81-51-19-5-20-52-81)71-97(101(93)102(92)103(91)104)108(82-53-21-6-22-54-82)83-55-23-7-24-56-83/h73-105H,1-72H2. The van der Waals surface area contributed by atoms with Crippen LogP contribution in [0.2, 0.25) is 0 Å². The van der Waals surface area contributed by atoms with Gasteiger partial charge in [-0.3, -0.25) is 24.5 Å². The lowest BCUT2D eigenvalue weighted by Gasteiger charge is -2.74. The Balaban J connectivity index is 0.874. The summed E-state index contributed by atoms with van der Waals surface area (Å²) in [6.07, 6.45) is 113. The Labute approximate surface area is 679 Å². The minimum atomic E-state index is 0.780. The molecule has 0 heterocycles. The van der Waals surface area contributed by atoms with E-state index in [4.69, 9.17) is 0 Å². The molecule has 21 unspecified atom stereocenters. The fraction of sp³-hybridized carbons (Fsp3) is 1.00. The minimum absolute atomic E-state index is 0.780. The number of fused-ring (bicyclic) bond motifs is 4. The molecular formula is C105H177N5. The van der Waals surface area contributed by atoms with Gasteiger partial charge in [0.1, 0.15) is 0 Å². The zero-order valence-corrected chi connectivity index (χ0v) is 72.2. The first-order valence-corrected chi connectivity index (χ1v) is 53.5. The number of rotatable bonds is 18. The smallest absolute Gasteiger partial charge is 0.0163 e. The van der Waals surface area contributed by atoms with Gasteiger partial charge in [0, 0.05) is 90.6 Å². The molecule has 5 heteroatoms. The summed E-state index contributed by atoms with van der Waals surface area (Å²) in [5.74, 6) is 17.5. The predicted octanol–water partition coefficient (Wildman–Crippen LogP) is 27.5. The summed E-state index contributed by atoms with van der Waals surface area (Å²) >= 11 is 0. The molecule has 5 nitrogen and oxygen atoms in total. The Morgan fingerprint density at radius 3 is 0.755 bits per heavy atom. The number of hydrogen-bond acceptors (Lipinski definition) is 5. The van der Waals surface area contributed by atoms with Crippen LogP contribution >= 0.6 is 0 Å². The first-order valence-electron chi connectivity index (χ1n) is 53.5. The van der Waals surface area contributed by atoms with Crippen molar-refractivity contribution in [2.24, 2.45) is 107 Å². The van der Waals surface area contributed by atoms with Gasteiger partial charge < -0.3 is 0 Å². The zero-order valence-electron chi connectivity index (χ0n) is 72.2. The van der Waals surface area contributed by atoms with Crippen molar-refractivity contribution in [3.63, 3.8) is 0 Å². The first-order chi connectivity index (χ1) is 54.7. The molecule has 20 saturated carbocycles. The largest absolute Gasteiger partial charge is 0.294 e. The average molecular weight is 1510 g/mol. The molecule has 20 aliphatic rings. The molecule has 20 aliphatic carbocycles. The van der Waals surface area contributed by atoms with Crippen molar-refractivity contribution in [2.75, 3.05) is 0 Å². The van der Waals surface area contributed by atoms with Crippen LogP contribution in [-0.4, -0.2) is 115 Å². The topological polar surface area (TPSA) is 16.2 Å². The Kier molecular flexibility index (Phi) is 26.1. The van der Waals surface area contributed by atoms with E-state index < -0.39 is 0 Å². The number of nitrogens with zero attached hydrogens (tertiary/aromatic N) is 5. The lowest BCUT2D eigenvalue weighted by atomic mass is 9.38. The SMILES string of the molecule is C1CCC(C(C2CC3C4C5C(CC(N(C6CCCCC6)C6C7CCCCC7CC7CCCCC76)C4C(N(C4CCCCC4)C4CCCCC4)CC3N(C3CCCCC3)C3CCCCC3)C(N(C3CCCCC3)C3CCCCC3)CC(N(C3CCCCC3)C3CCCCC3)C25)C2C3CCCCC3CC3CCCCC32)CC1. The third kappa shape index (κ3) is 15.7. The van der Waals surface area contributed by atoms with E-state index in [-0.39, 0.29) is 0 Å². The highest BCUT2D eigenvalue weighted by atomic mass is 15.3. The molecule has 0 saturated heterocycles. The molecule has 0 spiro atoms. The van der Waals surface area contributed by atoms with Gasteiger partial charge in [-0.05, 0) is 286 Å². The molecule has 110 heavy (non-hydrogen) atoms. The van der Waals surface area contributed by atoms with Crippen molar-refractivity contribution < 1.29 is 0 Å². The Bertz CT molecular complexity index is 2470. The molecule has 20 rings (SSSR count). The van der Waals surface area contributed by atoms with Gasteiger partial charge in [-0.2, -0.15) is 0 Å². The molecule has 0 radical (unpaired) electrons. The lowest BCUT2D eigenvalue weighted by molar-refractivity contribution is -0.246. The molecule has 0 aliphatic heterocycles. The lowest BCUT2D eigenvalue weighted by Crippen LogP contribution is -2.77. The molecule has 0 N–H and O–H groups in total. The van der Waals surface area contributed by atoms with Gasteiger partial charge >= 0.3 is 0 Å². The Morgan fingerprint density at radius 2 is 0.409 bits per heavy atom. The van der Waals surface area contributed by atoms with Crippen molar-refractivity contribution in [1.82, 2.24) is 24.5 Å². The summed E-state index contributed by atoms with van der Waals surface area (Å²) < 4.78 is 0. The highest BCUT2D eigenvalue weighted by Gasteiger charge is 2.71. The Hall–Kier alpha value is -0.200. The molecule has 0 bridgehead atoms. The third-order valence-corrected chi connectivity index (χ3v) is 41.5. The van der Waals surface area contributed by atoms with Crippen LogP contribution < -0.4 is 0 Å². The first kappa shape index (κ1) is 78.3. The van der Waals surface area contributed by atoms with Crippen LogP contribution in [0, 0.1) is 107 Å². The van der Waals surface area contributed by atoms with Crippen molar-refractivity contribution in [3.05, 3.63) is 0 Å². The van der Waals surface area contributed by atoms with Gasteiger partial charge in [0.25, 0.3) is 0 Å². The maximum absolute atomic E-state index is 4.01. The van der Waals surface area contributed by atoms with Gasteiger partial charge in [-0.25, -0.2) is 0 Å². The van der Waals surface area contributed by atoms with Gasteiger partial charge in [0.05, 0.1) is 0 Å². The van der Waals surface area contributed by atoms with E-state index in [1.807, 2.05) is 0 Å².